The molecule has 8 heteroatoms. The van der Waals surface area contributed by atoms with E-state index >= 15 is 0 Å². The summed E-state index contributed by atoms with van der Waals surface area (Å²) in [6, 6.07) is 4.45. The molecule has 2 aliphatic heterocycles. The molecule has 0 spiro atoms. The van der Waals surface area contributed by atoms with Crippen LogP contribution in [0, 0.1) is 11.7 Å². The highest BCUT2D eigenvalue weighted by Crippen LogP contribution is 2.46. The Labute approximate surface area is 133 Å². The lowest BCUT2D eigenvalue weighted by molar-refractivity contribution is 0.299. The summed E-state index contributed by atoms with van der Waals surface area (Å²) in [6.45, 7) is 1.06. The van der Waals surface area contributed by atoms with Crippen LogP contribution in [0.4, 0.5) is 4.39 Å². The molecular formula is C15H17FN4O2S. The molecule has 2 aromatic rings. The van der Waals surface area contributed by atoms with Gasteiger partial charge in [-0.2, -0.15) is 0 Å². The lowest BCUT2D eigenvalue weighted by atomic mass is 9.85. The quantitative estimate of drug-likeness (QED) is 0.851. The molecule has 3 N–H and O–H groups in total. The Morgan fingerprint density at radius 2 is 2.22 bits per heavy atom. The smallest absolute Gasteiger partial charge is 0.213 e. The number of hydrogen-bond acceptors (Lipinski definition) is 4. The van der Waals surface area contributed by atoms with Crippen molar-refractivity contribution >= 4 is 10.0 Å². The fraction of sp³-hybridized carbons (Fsp3) is 0.400. The topological polar surface area (TPSA) is 90.0 Å². The standard InChI is InChI=1S/C15H17FN4O2S/c16-9-1-2-10-12(5-9)13-6-19-8-20(13)15(10)11-3-4-18-7-14(11)23(17,21)22/h1-2,5-6,8,11,14-15,18H,3-4,7H2,(H2,17,21,22). The first-order valence-corrected chi connectivity index (χ1v) is 9.12. The van der Waals surface area contributed by atoms with Crippen LogP contribution in [0.3, 0.4) is 0 Å². The summed E-state index contributed by atoms with van der Waals surface area (Å²) in [5, 5.41) is 7.88. The fourth-order valence-electron chi connectivity index (χ4n) is 3.90. The summed E-state index contributed by atoms with van der Waals surface area (Å²) in [4.78, 5) is 4.15. The second-order valence-corrected chi connectivity index (χ2v) is 7.93. The molecule has 23 heavy (non-hydrogen) atoms. The van der Waals surface area contributed by atoms with Gasteiger partial charge in [0.15, 0.2) is 0 Å². The van der Waals surface area contributed by atoms with Gasteiger partial charge in [-0.25, -0.2) is 22.9 Å². The van der Waals surface area contributed by atoms with Crippen LogP contribution in [0.25, 0.3) is 11.3 Å². The third-order valence-electron chi connectivity index (χ3n) is 4.88. The number of hydrogen-bond donors (Lipinski definition) is 2. The summed E-state index contributed by atoms with van der Waals surface area (Å²) >= 11 is 0. The molecule has 0 saturated carbocycles. The van der Waals surface area contributed by atoms with Crippen LogP contribution in [-0.4, -0.2) is 36.3 Å². The summed E-state index contributed by atoms with van der Waals surface area (Å²) in [7, 11) is -3.68. The van der Waals surface area contributed by atoms with Gasteiger partial charge in [-0.3, -0.25) is 0 Å². The van der Waals surface area contributed by atoms with E-state index in [0.717, 1.165) is 23.4 Å². The highest BCUT2D eigenvalue weighted by molar-refractivity contribution is 7.89. The minimum atomic E-state index is -3.68. The zero-order valence-corrected chi connectivity index (χ0v) is 13.1. The van der Waals surface area contributed by atoms with E-state index in [1.807, 2.05) is 4.57 Å². The maximum Gasteiger partial charge on any atom is 0.213 e. The number of fused-ring (bicyclic) bond motifs is 3. The van der Waals surface area contributed by atoms with Gasteiger partial charge in [0.25, 0.3) is 0 Å². The van der Waals surface area contributed by atoms with Gasteiger partial charge in [0.1, 0.15) is 5.82 Å². The van der Waals surface area contributed by atoms with E-state index in [9.17, 15) is 12.8 Å². The SMILES string of the molecule is NS(=O)(=O)C1CNCCC1C1c2ccc(F)cc2-c2cncn21. The van der Waals surface area contributed by atoms with Gasteiger partial charge in [-0.15, -0.1) is 0 Å². The Hall–Kier alpha value is -1.77. The summed E-state index contributed by atoms with van der Waals surface area (Å²) < 4.78 is 39.6. The third-order valence-corrected chi connectivity index (χ3v) is 6.24. The minimum Gasteiger partial charge on any atom is -0.323 e. The van der Waals surface area contributed by atoms with Crippen LogP contribution >= 0.6 is 0 Å². The summed E-state index contributed by atoms with van der Waals surface area (Å²) in [6.07, 6.45) is 4.05. The van der Waals surface area contributed by atoms with Crippen LogP contribution < -0.4 is 10.5 Å². The van der Waals surface area contributed by atoms with Crippen molar-refractivity contribution in [1.29, 1.82) is 0 Å². The van der Waals surface area contributed by atoms with Crippen molar-refractivity contribution in [2.75, 3.05) is 13.1 Å². The number of sulfonamides is 1. The maximum absolute atomic E-state index is 13.6. The van der Waals surface area contributed by atoms with E-state index in [1.54, 1.807) is 18.6 Å². The van der Waals surface area contributed by atoms with Crippen LogP contribution in [0.5, 0.6) is 0 Å². The lowest BCUT2D eigenvalue weighted by Gasteiger charge is -2.35. The molecule has 0 radical (unpaired) electrons. The molecule has 3 atom stereocenters. The van der Waals surface area contributed by atoms with Gasteiger partial charge in [-0.1, -0.05) is 6.07 Å². The molecule has 0 bridgehead atoms. The minimum absolute atomic E-state index is 0.175. The molecule has 4 rings (SSSR count). The normalized spacial score (nSPS) is 26.8. The zero-order chi connectivity index (χ0) is 16.2. The Balaban J connectivity index is 1.86. The Morgan fingerprint density at radius 3 is 3.00 bits per heavy atom. The third kappa shape index (κ3) is 2.29. The highest BCUT2D eigenvalue weighted by atomic mass is 32.2. The second-order valence-electron chi connectivity index (χ2n) is 6.15. The number of aromatic nitrogens is 2. The van der Waals surface area contributed by atoms with Crippen molar-refractivity contribution in [3.8, 4) is 11.3 Å². The zero-order valence-electron chi connectivity index (χ0n) is 12.3. The molecule has 0 aliphatic carbocycles. The van der Waals surface area contributed by atoms with Crippen LogP contribution in [0.1, 0.15) is 18.0 Å². The van der Waals surface area contributed by atoms with E-state index in [-0.39, 0.29) is 17.8 Å². The van der Waals surface area contributed by atoms with Crippen molar-refractivity contribution in [3.05, 3.63) is 42.1 Å². The average Bonchev–Trinajstić information content (AvgIpc) is 3.07. The molecule has 1 fully saturated rings. The number of rotatable bonds is 2. The van der Waals surface area contributed by atoms with Crippen LogP contribution in [-0.2, 0) is 10.0 Å². The molecule has 0 amide bonds. The molecule has 1 aromatic carbocycles. The largest absolute Gasteiger partial charge is 0.323 e. The van der Waals surface area contributed by atoms with E-state index in [0.29, 0.717) is 13.0 Å². The van der Waals surface area contributed by atoms with Crippen molar-refractivity contribution in [2.45, 2.75) is 17.7 Å². The predicted octanol–water partition coefficient (Wildman–Crippen LogP) is 0.859. The first-order valence-electron chi connectivity index (χ1n) is 7.51. The Kier molecular flexibility index (Phi) is 3.29. The van der Waals surface area contributed by atoms with Crippen molar-refractivity contribution < 1.29 is 12.8 Å². The molecule has 2 aliphatic rings. The highest BCUT2D eigenvalue weighted by Gasteiger charge is 2.43. The van der Waals surface area contributed by atoms with Crippen molar-refractivity contribution in [2.24, 2.45) is 11.1 Å². The lowest BCUT2D eigenvalue weighted by Crippen LogP contribution is -2.50. The Bertz CT molecular complexity index is 864. The molecule has 3 unspecified atom stereocenters. The number of piperidine rings is 1. The van der Waals surface area contributed by atoms with Gasteiger partial charge in [-0.05, 0) is 30.7 Å². The number of imidazole rings is 1. The number of primary sulfonamides is 1. The monoisotopic (exact) mass is 336 g/mol. The maximum atomic E-state index is 13.6. The molecule has 6 nitrogen and oxygen atoms in total. The Morgan fingerprint density at radius 1 is 1.39 bits per heavy atom. The number of benzene rings is 1. The summed E-state index contributed by atoms with van der Waals surface area (Å²) in [5.41, 5.74) is 2.53. The molecular weight excluding hydrogens is 319 g/mol. The molecule has 3 heterocycles. The molecule has 1 saturated heterocycles. The van der Waals surface area contributed by atoms with Crippen molar-refractivity contribution in [1.82, 2.24) is 14.9 Å². The van der Waals surface area contributed by atoms with Gasteiger partial charge in [0.05, 0.1) is 29.5 Å². The first kappa shape index (κ1) is 14.8. The van der Waals surface area contributed by atoms with Gasteiger partial charge < -0.3 is 9.88 Å². The number of halogens is 1. The number of nitrogens with one attached hydrogen (secondary N) is 1. The average molecular weight is 336 g/mol. The van der Waals surface area contributed by atoms with Crippen LogP contribution in [0.2, 0.25) is 0 Å². The van der Waals surface area contributed by atoms with Gasteiger partial charge in [0, 0.05) is 18.0 Å². The van der Waals surface area contributed by atoms with E-state index in [2.05, 4.69) is 10.3 Å². The number of nitrogens with two attached hydrogens (primary N) is 1. The second kappa shape index (κ2) is 5.12. The van der Waals surface area contributed by atoms with Crippen LogP contribution in [0.15, 0.2) is 30.7 Å². The molecule has 122 valence electrons. The predicted molar refractivity (Wildman–Crippen MR) is 83.6 cm³/mol. The number of nitrogens with zero attached hydrogens (tertiary/aromatic N) is 2. The van der Waals surface area contributed by atoms with Gasteiger partial charge in [0.2, 0.25) is 10.0 Å². The van der Waals surface area contributed by atoms with Crippen molar-refractivity contribution in [3.63, 3.8) is 0 Å². The van der Waals surface area contributed by atoms with E-state index in [4.69, 9.17) is 5.14 Å². The first-order chi connectivity index (χ1) is 11.0. The molecule has 1 aromatic heterocycles. The van der Waals surface area contributed by atoms with Gasteiger partial charge >= 0.3 is 0 Å². The van der Waals surface area contributed by atoms with E-state index < -0.39 is 15.3 Å². The fourth-order valence-corrected chi connectivity index (χ4v) is 5.02. The van der Waals surface area contributed by atoms with E-state index in [1.165, 1.54) is 12.1 Å². The summed E-state index contributed by atoms with van der Waals surface area (Å²) in [5.74, 6) is -0.489.